The molecule has 0 atom stereocenters. The standard InChI is InChI=1S/C10H8N2O/c11-6-9(7-12)10(13)8-4-2-1-3-5-8/h1-6H,11H2/b9-6+. The van der Waals surface area contributed by atoms with Gasteiger partial charge in [0, 0.05) is 11.8 Å². The number of nitrogens with two attached hydrogens (primary N) is 1. The zero-order valence-corrected chi connectivity index (χ0v) is 6.90. The molecule has 0 saturated carbocycles. The second-order valence-corrected chi connectivity index (χ2v) is 2.39. The number of nitrogens with zero attached hydrogens (tertiary/aromatic N) is 1. The lowest BCUT2D eigenvalue weighted by Crippen LogP contribution is -2.03. The first-order chi connectivity index (χ1) is 6.29. The molecule has 0 heterocycles. The summed E-state index contributed by atoms with van der Waals surface area (Å²) in [6.45, 7) is 0. The highest BCUT2D eigenvalue weighted by molar-refractivity contribution is 6.11. The van der Waals surface area contributed by atoms with E-state index in [0.29, 0.717) is 5.56 Å². The number of Topliss-reactive ketones (excluding diaryl/α,β-unsaturated/α-hetero) is 1. The lowest BCUT2D eigenvalue weighted by Gasteiger charge is -1.96. The van der Waals surface area contributed by atoms with Crippen molar-refractivity contribution in [1.29, 1.82) is 5.26 Å². The average molecular weight is 172 g/mol. The predicted molar refractivity (Wildman–Crippen MR) is 48.7 cm³/mol. The number of hydrogen-bond acceptors (Lipinski definition) is 3. The maximum absolute atomic E-state index is 11.4. The summed E-state index contributed by atoms with van der Waals surface area (Å²) in [4.78, 5) is 11.4. The van der Waals surface area contributed by atoms with Crippen molar-refractivity contribution in [2.75, 3.05) is 0 Å². The van der Waals surface area contributed by atoms with Crippen LogP contribution in [0.15, 0.2) is 42.1 Å². The number of carbonyl (C=O) groups excluding carboxylic acids is 1. The van der Waals surface area contributed by atoms with Crippen LogP contribution in [0.2, 0.25) is 0 Å². The molecule has 0 fully saturated rings. The molecular weight excluding hydrogens is 164 g/mol. The number of ketones is 1. The van der Waals surface area contributed by atoms with Crippen LogP contribution in [-0.4, -0.2) is 5.78 Å². The van der Waals surface area contributed by atoms with Crippen molar-refractivity contribution in [3.05, 3.63) is 47.7 Å². The molecule has 0 amide bonds. The van der Waals surface area contributed by atoms with Crippen LogP contribution in [0.25, 0.3) is 0 Å². The highest BCUT2D eigenvalue weighted by Gasteiger charge is 2.09. The van der Waals surface area contributed by atoms with Crippen LogP contribution in [0.1, 0.15) is 10.4 Å². The third-order valence-corrected chi connectivity index (χ3v) is 1.57. The molecule has 0 aliphatic carbocycles. The molecule has 0 bridgehead atoms. The van der Waals surface area contributed by atoms with Crippen LogP contribution >= 0.6 is 0 Å². The van der Waals surface area contributed by atoms with Crippen molar-refractivity contribution in [3.8, 4) is 6.07 Å². The molecule has 2 N–H and O–H groups in total. The van der Waals surface area contributed by atoms with Crippen LogP contribution in [0, 0.1) is 11.3 Å². The Morgan fingerprint density at radius 1 is 1.38 bits per heavy atom. The Bertz CT molecular complexity index is 374. The Kier molecular flexibility index (Phi) is 2.82. The predicted octanol–water partition coefficient (Wildman–Crippen LogP) is 1.24. The van der Waals surface area contributed by atoms with Crippen molar-refractivity contribution in [3.63, 3.8) is 0 Å². The fraction of sp³-hybridized carbons (Fsp3) is 0. The normalized spacial score (nSPS) is 10.5. The summed E-state index contributed by atoms with van der Waals surface area (Å²) in [7, 11) is 0. The number of benzene rings is 1. The van der Waals surface area contributed by atoms with E-state index in [1.54, 1.807) is 36.4 Å². The minimum atomic E-state index is -0.342. The van der Waals surface area contributed by atoms with Crippen molar-refractivity contribution in [2.24, 2.45) is 5.73 Å². The minimum Gasteiger partial charge on any atom is -0.403 e. The molecule has 0 spiro atoms. The third-order valence-electron chi connectivity index (χ3n) is 1.57. The highest BCUT2D eigenvalue weighted by atomic mass is 16.1. The molecule has 3 nitrogen and oxygen atoms in total. The molecule has 0 saturated heterocycles. The SMILES string of the molecule is N#C/C(=C\N)C(=O)c1ccccc1. The molecule has 64 valence electrons. The number of carbonyl (C=O) groups is 1. The van der Waals surface area contributed by atoms with E-state index in [1.165, 1.54) is 0 Å². The van der Waals surface area contributed by atoms with E-state index in [4.69, 9.17) is 11.0 Å². The Morgan fingerprint density at radius 2 is 2.00 bits per heavy atom. The van der Waals surface area contributed by atoms with Crippen molar-refractivity contribution >= 4 is 5.78 Å². The van der Waals surface area contributed by atoms with E-state index in [-0.39, 0.29) is 11.4 Å². The summed E-state index contributed by atoms with van der Waals surface area (Å²) < 4.78 is 0. The monoisotopic (exact) mass is 172 g/mol. The van der Waals surface area contributed by atoms with Crippen molar-refractivity contribution < 1.29 is 4.79 Å². The van der Waals surface area contributed by atoms with Gasteiger partial charge in [-0.2, -0.15) is 5.26 Å². The highest BCUT2D eigenvalue weighted by Crippen LogP contribution is 2.05. The van der Waals surface area contributed by atoms with Gasteiger partial charge in [0.05, 0.1) is 0 Å². The summed E-state index contributed by atoms with van der Waals surface area (Å²) in [6.07, 6.45) is 1.02. The fourth-order valence-corrected chi connectivity index (χ4v) is 0.909. The second kappa shape index (κ2) is 4.07. The third kappa shape index (κ3) is 1.94. The zero-order valence-electron chi connectivity index (χ0n) is 6.90. The van der Waals surface area contributed by atoms with Crippen LogP contribution in [0.5, 0.6) is 0 Å². The summed E-state index contributed by atoms with van der Waals surface area (Å²) in [5.74, 6) is -0.342. The summed E-state index contributed by atoms with van der Waals surface area (Å²) >= 11 is 0. The van der Waals surface area contributed by atoms with E-state index in [0.717, 1.165) is 6.20 Å². The molecule has 0 aliphatic heterocycles. The van der Waals surface area contributed by atoms with Crippen molar-refractivity contribution in [1.82, 2.24) is 0 Å². The second-order valence-electron chi connectivity index (χ2n) is 2.39. The molecule has 3 heteroatoms. The van der Waals surface area contributed by atoms with Gasteiger partial charge in [-0.3, -0.25) is 4.79 Å². The van der Waals surface area contributed by atoms with E-state index >= 15 is 0 Å². The van der Waals surface area contributed by atoms with Crippen molar-refractivity contribution in [2.45, 2.75) is 0 Å². The van der Waals surface area contributed by atoms with Gasteiger partial charge in [0.1, 0.15) is 11.6 Å². The van der Waals surface area contributed by atoms with Gasteiger partial charge in [-0.1, -0.05) is 30.3 Å². The Balaban J connectivity index is 3.01. The quantitative estimate of drug-likeness (QED) is 0.414. The van der Waals surface area contributed by atoms with E-state index in [9.17, 15) is 4.79 Å². The Morgan fingerprint density at radius 3 is 2.46 bits per heavy atom. The van der Waals surface area contributed by atoms with Gasteiger partial charge in [-0.25, -0.2) is 0 Å². The first-order valence-corrected chi connectivity index (χ1v) is 3.71. The topological polar surface area (TPSA) is 66.9 Å². The van der Waals surface area contributed by atoms with E-state index in [1.807, 2.05) is 0 Å². The van der Waals surface area contributed by atoms with Gasteiger partial charge in [0.15, 0.2) is 0 Å². The first kappa shape index (κ1) is 9.01. The molecular formula is C10H8N2O. The lowest BCUT2D eigenvalue weighted by atomic mass is 10.1. The molecule has 1 aromatic rings. The summed E-state index contributed by atoms with van der Waals surface area (Å²) in [5, 5.41) is 8.54. The minimum absolute atomic E-state index is 0.0359. The van der Waals surface area contributed by atoms with Gasteiger partial charge in [-0.05, 0) is 0 Å². The first-order valence-electron chi connectivity index (χ1n) is 3.71. The molecule has 13 heavy (non-hydrogen) atoms. The van der Waals surface area contributed by atoms with Gasteiger partial charge >= 0.3 is 0 Å². The number of rotatable bonds is 2. The van der Waals surface area contributed by atoms with Gasteiger partial charge in [-0.15, -0.1) is 0 Å². The largest absolute Gasteiger partial charge is 0.403 e. The lowest BCUT2D eigenvalue weighted by molar-refractivity contribution is 0.103. The number of allylic oxidation sites excluding steroid dienone is 1. The Labute approximate surface area is 76.1 Å². The zero-order chi connectivity index (χ0) is 9.68. The molecule has 1 rings (SSSR count). The number of hydrogen-bond donors (Lipinski definition) is 1. The Hall–Kier alpha value is -2.08. The molecule has 0 aromatic heterocycles. The molecule has 1 aromatic carbocycles. The maximum atomic E-state index is 11.4. The smallest absolute Gasteiger partial charge is 0.205 e. The van der Waals surface area contributed by atoms with Crippen LogP contribution < -0.4 is 5.73 Å². The molecule has 0 radical (unpaired) electrons. The van der Waals surface area contributed by atoms with Crippen LogP contribution in [-0.2, 0) is 0 Å². The van der Waals surface area contributed by atoms with E-state index in [2.05, 4.69) is 0 Å². The van der Waals surface area contributed by atoms with Gasteiger partial charge in [0.25, 0.3) is 0 Å². The van der Waals surface area contributed by atoms with Crippen LogP contribution in [0.4, 0.5) is 0 Å². The van der Waals surface area contributed by atoms with Gasteiger partial charge < -0.3 is 5.73 Å². The average Bonchev–Trinajstić information content (AvgIpc) is 2.21. The van der Waals surface area contributed by atoms with E-state index < -0.39 is 0 Å². The molecule has 0 unspecified atom stereocenters. The van der Waals surface area contributed by atoms with Crippen LogP contribution in [0.3, 0.4) is 0 Å². The summed E-state index contributed by atoms with van der Waals surface area (Å²) in [6, 6.07) is 10.3. The summed E-state index contributed by atoms with van der Waals surface area (Å²) in [5.41, 5.74) is 5.55. The fourth-order valence-electron chi connectivity index (χ4n) is 0.909. The number of nitriles is 1. The molecule has 0 aliphatic rings. The van der Waals surface area contributed by atoms with Gasteiger partial charge in [0.2, 0.25) is 5.78 Å². The maximum Gasteiger partial charge on any atom is 0.205 e.